The largest absolute Gasteiger partial charge is 0.497 e. The van der Waals surface area contributed by atoms with Crippen LogP contribution in [-0.4, -0.2) is 16.7 Å². The number of fused-ring (bicyclic) bond motifs is 1. The summed E-state index contributed by atoms with van der Waals surface area (Å²) in [4.78, 5) is 4.83. The summed E-state index contributed by atoms with van der Waals surface area (Å²) in [5, 5.41) is 0. The number of para-hydroxylation sites is 2. The smallest absolute Gasteiger partial charge is 0.134 e. The lowest BCUT2D eigenvalue weighted by molar-refractivity contribution is 0.415. The van der Waals surface area contributed by atoms with Crippen LogP contribution in [0.25, 0.3) is 23.2 Å². The minimum atomic E-state index is 0. The predicted octanol–water partition coefficient (Wildman–Crippen LogP) is 5.99. The van der Waals surface area contributed by atoms with Gasteiger partial charge < -0.3 is 9.30 Å². The SMILES string of the molecule is COc1ccc(C=Cc2nc3ccccc3n2Cc2cccc(C)c2)cc1.Cl. The summed E-state index contributed by atoms with van der Waals surface area (Å²) in [5.41, 5.74) is 5.82. The van der Waals surface area contributed by atoms with E-state index in [-0.39, 0.29) is 12.4 Å². The summed E-state index contributed by atoms with van der Waals surface area (Å²) in [5.74, 6) is 1.81. The van der Waals surface area contributed by atoms with Gasteiger partial charge in [-0.3, -0.25) is 0 Å². The third kappa shape index (κ3) is 4.26. The fraction of sp³-hybridized carbons (Fsp3) is 0.125. The van der Waals surface area contributed by atoms with Crippen LogP contribution < -0.4 is 4.74 Å². The molecule has 4 heteroatoms. The van der Waals surface area contributed by atoms with Crippen LogP contribution in [0.5, 0.6) is 5.75 Å². The average Bonchev–Trinajstić information content (AvgIpc) is 3.04. The van der Waals surface area contributed by atoms with Crippen LogP contribution in [0.2, 0.25) is 0 Å². The molecule has 3 nitrogen and oxygen atoms in total. The number of aromatic nitrogens is 2. The van der Waals surface area contributed by atoms with Crippen molar-refractivity contribution in [3.05, 3.63) is 95.3 Å². The van der Waals surface area contributed by atoms with Gasteiger partial charge in [-0.05, 0) is 48.4 Å². The Hall–Kier alpha value is -3.04. The zero-order chi connectivity index (χ0) is 18.6. The zero-order valence-electron chi connectivity index (χ0n) is 16.0. The van der Waals surface area contributed by atoms with Gasteiger partial charge in [0.15, 0.2) is 0 Å². The Kier molecular flexibility index (Phi) is 6.17. The first-order valence-electron chi connectivity index (χ1n) is 9.06. The van der Waals surface area contributed by atoms with Crippen LogP contribution in [0.15, 0.2) is 72.8 Å². The summed E-state index contributed by atoms with van der Waals surface area (Å²) in [6, 6.07) is 24.9. The zero-order valence-corrected chi connectivity index (χ0v) is 16.8. The molecule has 0 radical (unpaired) electrons. The number of aryl methyl sites for hydroxylation is 1. The maximum absolute atomic E-state index is 5.23. The van der Waals surface area contributed by atoms with Crippen LogP contribution in [0.4, 0.5) is 0 Å². The van der Waals surface area contributed by atoms with E-state index in [9.17, 15) is 0 Å². The molecular weight excluding hydrogens is 368 g/mol. The highest BCUT2D eigenvalue weighted by molar-refractivity contribution is 5.85. The number of imidazole rings is 1. The van der Waals surface area contributed by atoms with Gasteiger partial charge in [-0.1, -0.05) is 60.2 Å². The third-order valence-corrected chi connectivity index (χ3v) is 4.65. The van der Waals surface area contributed by atoms with Crippen molar-refractivity contribution in [1.82, 2.24) is 9.55 Å². The second kappa shape index (κ2) is 8.77. The maximum Gasteiger partial charge on any atom is 0.134 e. The van der Waals surface area contributed by atoms with Crippen molar-refractivity contribution in [3.63, 3.8) is 0 Å². The molecule has 0 amide bonds. The molecular formula is C24H23ClN2O. The highest BCUT2D eigenvalue weighted by Gasteiger charge is 2.09. The summed E-state index contributed by atoms with van der Waals surface area (Å²) in [6.45, 7) is 2.92. The number of methoxy groups -OCH3 is 1. The Morgan fingerprint density at radius 2 is 1.71 bits per heavy atom. The monoisotopic (exact) mass is 390 g/mol. The molecule has 0 saturated heterocycles. The molecule has 28 heavy (non-hydrogen) atoms. The van der Waals surface area contributed by atoms with Gasteiger partial charge in [-0.2, -0.15) is 0 Å². The van der Waals surface area contributed by atoms with Gasteiger partial charge in [-0.15, -0.1) is 12.4 Å². The molecule has 0 saturated carbocycles. The minimum Gasteiger partial charge on any atom is -0.497 e. The Morgan fingerprint density at radius 1 is 0.929 bits per heavy atom. The van der Waals surface area contributed by atoms with Gasteiger partial charge in [0.05, 0.1) is 18.1 Å². The van der Waals surface area contributed by atoms with Crippen molar-refractivity contribution in [3.8, 4) is 5.75 Å². The van der Waals surface area contributed by atoms with Crippen LogP contribution >= 0.6 is 12.4 Å². The summed E-state index contributed by atoms with van der Waals surface area (Å²) >= 11 is 0. The molecule has 0 fully saturated rings. The van der Waals surface area contributed by atoms with Gasteiger partial charge in [0, 0.05) is 6.54 Å². The summed E-state index contributed by atoms with van der Waals surface area (Å²) in [6.07, 6.45) is 4.17. The van der Waals surface area contributed by atoms with E-state index >= 15 is 0 Å². The molecule has 0 unspecified atom stereocenters. The summed E-state index contributed by atoms with van der Waals surface area (Å²) in [7, 11) is 1.68. The number of nitrogens with zero attached hydrogens (tertiary/aromatic N) is 2. The molecule has 142 valence electrons. The quantitative estimate of drug-likeness (QED) is 0.418. The van der Waals surface area contributed by atoms with Gasteiger partial charge in [0.2, 0.25) is 0 Å². The van der Waals surface area contributed by atoms with Gasteiger partial charge in [-0.25, -0.2) is 4.98 Å². The lowest BCUT2D eigenvalue weighted by Gasteiger charge is -2.08. The highest BCUT2D eigenvalue weighted by Crippen LogP contribution is 2.21. The number of benzene rings is 3. The summed E-state index contributed by atoms with van der Waals surface area (Å²) < 4.78 is 7.49. The molecule has 4 aromatic rings. The molecule has 0 N–H and O–H groups in total. The van der Waals surface area contributed by atoms with Gasteiger partial charge in [0.1, 0.15) is 11.6 Å². The van der Waals surface area contributed by atoms with E-state index in [0.29, 0.717) is 0 Å². The fourth-order valence-electron chi connectivity index (χ4n) is 3.27. The van der Waals surface area contributed by atoms with Crippen LogP contribution in [0, 0.1) is 6.92 Å². The highest BCUT2D eigenvalue weighted by atomic mass is 35.5. The van der Waals surface area contributed by atoms with Crippen molar-refractivity contribution in [1.29, 1.82) is 0 Å². The van der Waals surface area contributed by atoms with E-state index in [0.717, 1.165) is 34.7 Å². The molecule has 0 bridgehead atoms. The number of halogens is 1. The van der Waals surface area contributed by atoms with E-state index in [1.807, 2.05) is 30.3 Å². The molecule has 1 aromatic heterocycles. The normalized spacial score (nSPS) is 10.9. The van der Waals surface area contributed by atoms with E-state index in [4.69, 9.17) is 9.72 Å². The first kappa shape index (κ1) is 19.7. The predicted molar refractivity (Wildman–Crippen MR) is 119 cm³/mol. The Bertz CT molecular complexity index is 1100. The standard InChI is InChI=1S/C24H22N2O.ClH/c1-18-6-5-7-20(16-18)17-26-23-9-4-3-8-22(23)25-24(26)15-12-19-10-13-21(27-2)14-11-19;/h3-16H,17H2,1-2H3;1H. The Morgan fingerprint density at radius 3 is 2.46 bits per heavy atom. The number of ether oxygens (including phenoxy) is 1. The molecule has 0 aliphatic rings. The maximum atomic E-state index is 5.23. The fourth-order valence-corrected chi connectivity index (χ4v) is 3.27. The van der Waals surface area contributed by atoms with Crippen molar-refractivity contribution in [2.75, 3.05) is 7.11 Å². The van der Waals surface area contributed by atoms with E-state index < -0.39 is 0 Å². The molecule has 0 aliphatic carbocycles. The topological polar surface area (TPSA) is 27.1 Å². The number of hydrogen-bond acceptors (Lipinski definition) is 2. The van der Waals surface area contributed by atoms with Gasteiger partial charge >= 0.3 is 0 Å². The first-order chi connectivity index (χ1) is 13.2. The second-order valence-electron chi connectivity index (χ2n) is 6.64. The number of hydrogen-bond donors (Lipinski definition) is 0. The van der Waals surface area contributed by atoms with Gasteiger partial charge in [0.25, 0.3) is 0 Å². The third-order valence-electron chi connectivity index (χ3n) is 4.65. The van der Waals surface area contributed by atoms with Crippen LogP contribution in [-0.2, 0) is 6.54 Å². The van der Waals surface area contributed by atoms with E-state index in [2.05, 4.69) is 66.1 Å². The molecule has 1 heterocycles. The average molecular weight is 391 g/mol. The Labute approximate surface area is 171 Å². The Balaban J connectivity index is 0.00000225. The van der Waals surface area contributed by atoms with Crippen molar-refractivity contribution >= 4 is 35.6 Å². The van der Waals surface area contributed by atoms with Crippen molar-refractivity contribution in [2.24, 2.45) is 0 Å². The lowest BCUT2D eigenvalue weighted by atomic mass is 10.1. The van der Waals surface area contributed by atoms with Crippen molar-refractivity contribution in [2.45, 2.75) is 13.5 Å². The molecule has 0 atom stereocenters. The van der Waals surface area contributed by atoms with Crippen LogP contribution in [0.1, 0.15) is 22.5 Å². The second-order valence-corrected chi connectivity index (χ2v) is 6.64. The molecule has 0 aliphatic heterocycles. The molecule has 0 spiro atoms. The molecule has 3 aromatic carbocycles. The van der Waals surface area contributed by atoms with E-state index in [1.54, 1.807) is 7.11 Å². The minimum absolute atomic E-state index is 0. The van der Waals surface area contributed by atoms with Crippen molar-refractivity contribution < 1.29 is 4.74 Å². The lowest BCUT2D eigenvalue weighted by Crippen LogP contribution is -2.02. The number of rotatable bonds is 5. The van der Waals surface area contributed by atoms with Crippen LogP contribution in [0.3, 0.4) is 0 Å². The van der Waals surface area contributed by atoms with E-state index in [1.165, 1.54) is 11.1 Å². The molecule has 4 rings (SSSR count). The first-order valence-corrected chi connectivity index (χ1v) is 9.06.